The van der Waals surface area contributed by atoms with Crippen molar-refractivity contribution in [1.29, 1.82) is 0 Å². The molecule has 6 heteroatoms. The van der Waals surface area contributed by atoms with Gasteiger partial charge in [0, 0.05) is 17.0 Å². The zero-order valence-corrected chi connectivity index (χ0v) is 13.8. The van der Waals surface area contributed by atoms with Crippen molar-refractivity contribution in [2.24, 2.45) is 0 Å². The van der Waals surface area contributed by atoms with E-state index in [1.807, 2.05) is 33.8 Å². The van der Waals surface area contributed by atoms with Gasteiger partial charge in [-0.3, -0.25) is 0 Å². The number of nitrogens with two attached hydrogens (primary N) is 1. The van der Waals surface area contributed by atoms with Gasteiger partial charge in [-0.1, -0.05) is 6.08 Å². The average molecular weight is 307 g/mol. The third kappa shape index (κ3) is 3.22. The van der Waals surface area contributed by atoms with Crippen LogP contribution in [0.2, 0.25) is 0 Å². The molecule has 1 aliphatic heterocycles. The fraction of sp³-hybridized carbons (Fsp3) is 0.467. The van der Waals surface area contributed by atoms with Crippen LogP contribution in [0.5, 0.6) is 5.75 Å². The van der Waals surface area contributed by atoms with Crippen LogP contribution in [-0.2, 0) is 9.31 Å². The Morgan fingerprint density at radius 3 is 2.38 bits per heavy atom. The Labute approximate surface area is 131 Å². The Kier molecular flexibility index (Phi) is 4.33. The lowest BCUT2D eigenvalue weighted by Crippen LogP contribution is -2.41. The molecule has 0 atom stereocenters. The summed E-state index contributed by atoms with van der Waals surface area (Å²) in [6.07, 6.45) is 1.82. The van der Waals surface area contributed by atoms with Crippen LogP contribution in [0.3, 0.4) is 0 Å². The number of aromatic hydroxyl groups is 1. The number of rotatable bonds is 3. The summed E-state index contributed by atoms with van der Waals surface area (Å²) in [7, 11) is -0.478. The van der Waals surface area contributed by atoms with Crippen LogP contribution in [0.1, 0.15) is 33.3 Å². The van der Waals surface area contributed by atoms with Gasteiger partial charge in [0.2, 0.25) is 0 Å². The quantitative estimate of drug-likeness (QED) is 0.348. The van der Waals surface area contributed by atoms with Crippen molar-refractivity contribution in [2.45, 2.75) is 38.9 Å². The predicted molar refractivity (Wildman–Crippen MR) is 90.4 cm³/mol. The maximum absolute atomic E-state index is 9.92. The lowest BCUT2D eigenvalue weighted by atomic mass is 9.78. The Hall–Kier alpha value is -1.11. The lowest BCUT2D eigenvalue weighted by Gasteiger charge is -2.32. The molecular formula is C15H22BNO3S. The van der Waals surface area contributed by atoms with E-state index in [9.17, 15) is 5.11 Å². The summed E-state index contributed by atoms with van der Waals surface area (Å²) in [6.45, 7) is 8.00. The Bertz CT molecular complexity index is 556. The van der Waals surface area contributed by atoms with Gasteiger partial charge in [-0.25, -0.2) is 0 Å². The second-order valence-corrected chi connectivity index (χ2v) is 6.60. The SMILES string of the molecule is CC1(C)OB(C(=Cc2cc(N)ccc2O)CS)OC1(C)C. The third-order valence-corrected chi connectivity index (χ3v) is 4.50. The molecular weight excluding hydrogens is 285 g/mol. The Morgan fingerprint density at radius 1 is 1.29 bits per heavy atom. The van der Waals surface area contributed by atoms with E-state index in [4.69, 9.17) is 15.0 Å². The molecule has 0 amide bonds. The summed E-state index contributed by atoms with van der Waals surface area (Å²) in [6, 6.07) is 4.94. The van der Waals surface area contributed by atoms with E-state index >= 15 is 0 Å². The van der Waals surface area contributed by atoms with Gasteiger partial charge >= 0.3 is 7.12 Å². The van der Waals surface area contributed by atoms with Crippen molar-refractivity contribution >= 4 is 31.5 Å². The van der Waals surface area contributed by atoms with E-state index in [1.54, 1.807) is 18.2 Å². The molecule has 1 aliphatic rings. The summed E-state index contributed by atoms with van der Waals surface area (Å²) in [5, 5.41) is 9.92. The molecule has 114 valence electrons. The molecule has 21 heavy (non-hydrogen) atoms. The van der Waals surface area contributed by atoms with Gasteiger partial charge in [-0.2, -0.15) is 12.6 Å². The van der Waals surface area contributed by atoms with Crippen molar-refractivity contribution in [1.82, 2.24) is 0 Å². The van der Waals surface area contributed by atoms with Crippen LogP contribution in [-0.4, -0.2) is 29.2 Å². The van der Waals surface area contributed by atoms with E-state index in [0.29, 0.717) is 17.0 Å². The first-order valence-corrected chi connectivity index (χ1v) is 7.55. The monoisotopic (exact) mass is 307 g/mol. The smallest absolute Gasteiger partial charge is 0.491 e. The van der Waals surface area contributed by atoms with Crippen molar-refractivity contribution in [3.63, 3.8) is 0 Å². The second kappa shape index (κ2) is 5.59. The van der Waals surface area contributed by atoms with E-state index in [2.05, 4.69) is 12.6 Å². The molecule has 0 radical (unpaired) electrons. The van der Waals surface area contributed by atoms with Gasteiger partial charge in [0.05, 0.1) is 11.2 Å². The fourth-order valence-corrected chi connectivity index (χ4v) is 2.31. The Balaban J connectivity index is 2.33. The van der Waals surface area contributed by atoms with E-state index in [-0.39, 0.29) is 5.75 Å². The number of benzene rings is 1. The van der Waals surface area contributed by atoms with Crippen molar-refractivity contribution in [3.8, 4) is 5.75 Å². The first-order valence-electron chi connectivity index (χ1n) is 6.92. The summed E-state index contributed by atoms with van der Waals surface area (Å²) in [4.78, 5) is 0. The highest BCUT2D eigenvalue weighted by molar-refractivity contribution is 7.80. The molecule has 0 unspecified atom stereocenters. The number of thiol groups is 1. The van der Waals surface area contributed by atoms with E-state index in [0.717, 1.165) is 5.47 Å². The molecule has 0 spiro atoms. The largest absolute Gasteiger partial charge is 0.507 e. The van der Waals surface area contributed by atoms with Gasteiger partial charge in [0.15, 0.2) is 0 Å². The number of nitrogen functional groups attached to an aromatic ring is 1. The minimum atomic E-state index is -0.478. The fourth-order valence-electron chi connectivity index (χ4n) is 2.07. The number of anilines is 1. The molecule has 2 rings (SSSR count). The Morgan fingerprint density at radius 2 is 1.86 bits per heavy atom. The van der Waals surface area contributed by atoms with Crippen molar-refractivity contribution in [3.05, 3.63) is 29.2 Å². The van der Waals surface area contributed by atoms with Gasteiger partial charge < -0.3 is 20.1 Å². The molecule has 4 nitrogen and oxygen atoms in total. The van der Waals surface area contributed by atoms with Crippen LogP contribution < -0.4 is 5.73 Å². The lowest BCUT2D eigenvalue weighted by molar-refractivity contribution is 0.00578. The van der Waals surface area contributed by atoms with Gasteiger partial charge in [0.1, 0.15) is 5.75 Å². The molecule has 0 aromatic heterocycles. The zero-order valence-electron chi connectivity index (χ0n) is 12.9. The molecule has 0 saturated carbocycles. The molecule has 0 aliphatic carbocycles. The van der Waals surface area contributed by atoms with Crippen LogP contribution in [0, 0.1) is 0 Å². The first kappa shape index (κ1) is 16.3. The van der Waals surface area contributed by atoms with Crippen molar-refractivity contribution < 1.29 is 14.4 Å². The maximum Gasteiger partial charge on any atom is 0.491 e. The topological polar surface area (TPSA) is 64.7 Å². The summed E-state index contributed by atoms with van der Waals surface area (Å²) >= 11 is 4.35. The maximum atomic E-state index is 9.92. The van der Waals surface area contributed by atoms with E-state index in [1.165, 1.54) is 0 Å². The van der Waals surface area contributed by atoms with Gasteiger partial charge in [-0.15, -0.1) is 0 Å². The third-order valence-electron chi connectivity index (χ3n) is 4.13. The standard InChI is InChI=1S/C15H22BNO3S/c1-14(2)15(3,4)20-16(19-14)11(9-21)7-10-8-12(17)5-6-13(10)18/h5-8,18,21H,9,17H2,1-4H3. The van der Waals surface area contributed by atoms with Crippen molar-refractivity contribution in [2.75, 3.05) is 11.5 Å². The molecule has 1 aromatic carbocycles. The molecule has 0 bridgehead atoms. The van der Waals surface area contributed by atoms with Gasteiger partial charge in [-0.05, 0) is 51.4 Å². The highest BCUT2D eigenvalue weighted by Crippen LogP contribution is 2.39. The molecule has 3 N–H and O–H groups in total. The molecule has 1 fully saturated rings. The first-order chi connectivity index (χ1) is 9.66. The van der Waals surface area contributed by atoms with Crippen LogP contribution >= 0.6 is 12.6 Å². The van der Waals surface area contributed by atoms with Crippen LogP contribution in [0.15, 0.2) is 23.7 Å². The predicted octanol–water partition coefficient (Wildman–Crippen LogP) is 2.92. The highest BCUT2D eigenvalue weighted by Gasteiger charge is 2.52. The van der Waals surface area contributed by atoms with Crippen LogP contribution in [0.25, 0.3) is 6.08 Å². The minimum absolute atomic E-state index is 0.167. The number of hydrogen-bond acceptors (Lipinski definition) is 5. The normalized spacial score (nSPS) is 20.8. The molecule has 1 aromatic rings. The summed E-state index contributed by atoms with van der Waals surface area (Å²) in [5.41, 5.74) is 7.02. The summed E-state index contributed by atoms with van der Waals surface area (Å²) in [5.74, 6) is 0.630. The van der Waals surface area contributed by atoms with Gasteiger partial charge in [0.25, 0.3) is 0 Å². The minimum Gasteiger partial charge on any atom is -0.507 e. The molecule has 1 heterocycles. The summed E-state index contributed by atoms with van der Waals surface area (Å²) < 4.78 is 12.0. The number of phenols is 1. The number of phenolic OH excluding ortho intramolecular Hbond substituents is 1. The zero-order chi connectivity index (χ0) is 15.8. The van der Waals surface area contributed by atoms with E-state index < -0.39 is 18.3 Å². The molecule has 1 saturated heterocycles. The average Bonchev–Trinajstić information content (AvgIpc) is 2.59. The highest BCUT2D eigenvalue weighted by atomic mass is 32.1. The number of hydrogen-bond donors (Lipinski definition) is 3. The second-order valence-electron chi connectivity index (χ2n) is 6.28. The van der Waals surface area contributed by atoms with Crippen LogP contribution in [0.4, 0.5) is 5.69 Å².